The van der Waals surface area contributed by atoms with Crippen molar-refractivity contribution in [1.29, 1.82) is 0 Å². The molecule has 8 heteroatoms. The largest absolute Gasteiger partial charge is 0.474 e. The molecule has 1 N–H and O–H groups in total. The van der Waals surface area contributed by atoms with E-state index in [2.05, 4.69) is 5.32 Å². The van der Waals surface area contributed by atoms with E-state index in [-0.39, 0.29) is 22.2 Å². The fraction of sp³-hybridized carbons (Fsp3) is 0.176. The summed E-state index contributed by atoms with van der Waals surface area (Å²) < 4.78 is 5.39. The lowest BCUT2D eigenvalue weighted by molar-refractivity contribution is -0.386. The summed E-state index contributed by atoms with van der Waals surface area (Å²) in [5, 5.41) is 13.8. The maximum absolute atomic E-state index is 12.2. The topological polar surface area (TPSA) is 98.5 Å². The Morgan fingerprint density at radius 3 is 2.60 bits per heavy atom. The van der Waals surface area contributed by atoms with Gasteiger partial charge in [-0.2, -0.15) is 0 Å². The van der Waals surface area contributed by atoms with Crippen molar-refractivity contribution in [1.82, 2.24) is 0 Å². The van der Waals surface area contributed by atoms with Gasteiger partial charge in [0.2, 0.25) is 0 Å². The number of hydrogen-bond donors (Lipinski definition) is 1. The molecular formula is C17H15ClN2O5. The number of hydrogen-bond acceptors (Lipinski definition) is 5. The number of nitrogens with one attached hydrogen (secondary N) is 1. The van der Waals surface area contributed by atoms with Crippen LogP contribution < -0.4 is 10.1 Å². The van der Waals surface area contributed by atoms with E-state index in [0.717, 1.165) is 6.07 Å². The van der Waals surface area contributed by atoms with Crippen molar-refractivity contribution >= 4 is 34.7 Å². The molecule has 0 aliphatic heterocycles. The van der Waals surface area contributed by atoms with Crippen LogP contribution in [0.25, 0.3) is 0 Å². The molecule has 2 rings (SSSR count). The van der Waals surface area contributed by atoms with Gasteiger partial charge in [0.1, 0.15) is 0 Å². The molecule has 0 aliphatic carbocycles. The van der Waals surface area contributed by atoms with Gasteiger partial charge in [0.15, 0.2) is 17.6 Å². The molecule has 0 unspecified atom stereocenters. The first-order valence-corrected chi connectivity index (χ1v) is 7.68. The van der Waals surface area contributed by atoms with Gasteiger partial charge in [0, 0.05) is 22.3 Å². The molecule has 2 aromatic carbocycles. The second-order valence-electron chi connectivity index (χ2n) is 5.26. The number of ketones is 1. The van der Waals surface area contributed by atoms with Crippen LogP contribution in [0.4, 0.5) is 11.4 Å². The highest BCUT2D eigenvalue weighted by molar-refractivity contribution is 6.30. The number of carbonyl (C=O) groups is 2. The van der Waals surface area contributed by atoms with Gasteiger partial charge >= 0.3 is 5.69 Å². The highest BCUT2D eigenvalue weighted by Crippen LogP contribution is 2.30. The van der Waals surface area contributed by atoms with Crippen LogP contribution in [0.1, 0.15) is 24.2 Å². The van der Waals surface area contributed by atoms with E-state index in [4.69, 9.17) is 16.3 Å². The summed E-state index contributed by atoms with van der Waals surface area (Å²) in [7, 11) is 0. The molecule has 0 heterocycles. The number of nitro benzene ring substituents is 1. The van der Waals surface area contributed by atoms with Crippen LogP contribution >= 0.6 is 11.6 Å². The smallest absolute Gasteiger partial charge is 0.312 e. The van der Waals surface area contributed by atoms with Crippen molar-refractivity contribution in [3.63, 3.8) is 0 Å². The van der Waals surface area contributed by atoms with Crippen molar-refractivity contribution < 1.29 is 19.2 Å². The molecule has 0 bridgehead atoms. The molecule has 25 heavy (non-hydrogen) atoms. The highest BCUT2D eigenvalue weighted by atomic mass is 35.5. The third-order valence-corrected chi connectivity index (χ3v) is 3.56. The average Bonchev–Trinajstić information content (AvgIpc) is 2.56. The van der Waals surface area contributed by atoms with E-state index >= 15 is 0 Å². The summed E-state index contributed by atoms with van der Waals surface area (Å²) in [6.07, 6.45) is -0.999. The number of rotatable bonds is 6. The Morgan fingerprint density at radius 1 is 1.24 bits per heavy atom. The molecule has 2 aromatic rings. The first-order chi connectivity index (χ1) is 11.8. The van der Waals surface area contributed by atoms with Gasteiger partial charge in [-0.05, 0) is 38.1 Å². The molecule has 1 amide bonds. The van der Waals surface area contributed by atoms with Crippen LogP contribution in [0, 0.1) is 10.1 Å². The molecular weight excluding hydrogens is 348 g/mol. The van der Waals surface area contributed by atoms with Crippen molar-refractivity contribution in [2.24, 2.45) is 0 Å². The Bertz CT molecular complexity index is 838. The van der Waals surface area contributed by atoms with Gasteiger partial charge in [-0.1, -0.05) is 23.7 Å². The first-order valence-electron chi connectivity index (χ1n) is 7.30. The summed E-state index contributed by atoms with van der Waals surface area (Å²) in [5.41, 5.74) is 0.559. The number of Topliss-reactive ketones (excluding diaryl/α,β-unsaturated/α-hetero) is 1. The molecule has 0 aliphatic rings. The lowest BCUT2D eigenvalue weighted by atomic mass is 10.1. The van der Waals surface area contributed by atoms with Crippen molar-refractivity contribution in [3.8, 4) is 5.75 Å². The zero-order valence-electron chi connectivity index (χ0n) is 13.5. The predicted octanol–water partition coefficient (Wildman–Crippen LogP) is 3.86. The number of halogens is 1. The molecule has 1 atom stereocenters. The van der Waals surface area contributed by atoms with Crippen LogP contribution in [0.2, 0.25) is 5.02 Å². The Kier molecular flexibility index (Phi) is 5.71. The number of amides is 1. The van der Waals surface area contributed by atoms with Gasteiger partial charge in [-0.25, -0.2) is 0 Å². The lowest BCUT2D eigenvalue weighted by Gasteiger charge is -2.15. The van der Waals surface area contributed by atoms with E-state index in [0.29, 0.717) is 11.3 Å². The molecule has 130 valence electrons. The minimum atomic E-state index is -0.999. The molecule has 0 aromatic heterocycles. The number of anilines is 1. The maximum atomic E-state index is 12.2. The molecule has 0 saturated carbocycles. The summed E-state index contributed by atoms with van der Waals surface area (Å²) in [5.74, 6) is -0.698. The summed E-state index contributed by atoms with van der Waals surface area (Å²) >= 11 is 5.74. The lowest BCUT2D eigenvalue weighted by Crippen LogP contribution is -2.30. The van der Waals surface area contributed by atoms with Crippen LogP contribution in [0.5, 0.6) is 5.75 Å². The molecule has 0 fully saturated rings. The van der Waals surface area contributed by atoms with Crippen LogP contribution in [0.3, 0.4) is 0 Å². The second kappa shape index (κ2) is 7.76. The highest BCUT2D eigenvalue weighted by Gasteiger charge is 2.21. The predicted molar refractivity (Wildman–Crippen MR) is 93.3 cm³/mol. The number of nitrogens with zero attached hydrogens (tertiary/aromatic N) is 1. The summed E-state index contributed by atoms with van der Waals surface area (Å²) in [6, 6.07) is 10.4. The maximum Gasteiger partial charge on any atom is 0.312 e. The van der Waals surface area contributed by atoms with E-state index < -0.39 is 16.9 Å². The third-order valence-electron chi connectivity index (χ3n) is 3.33. The van der Waals surface area contributed by atoms with Gasteiger partial charge in [-0.15, -0.1) is 0 Å². The van der Waals surface area contributed by atoms with Crippen molar-refractivity contribution in [2.45, 2.75) is 20.0 Å². The van der Waals surface area contributed by atoms with E-state index in [1.165, 1.54) is 32.0 Å². The SMILES string of the molecule is CC(=O)c1cccc(NC(=O)[C@H](C)Oc2ccc(Cl)cc2[N+](=O)[O-])c1. The fourth-order valence-electron chi connectivity index (χ4n) is 2.04. The van der Waals surface area contributed by atoms with Crippen molar-refractivity contribution in [2.75, 3.05) is 5.32 Å². The van der Waals surface area contributed by atoms with Gasteiger partial charge in [-0.3, -0.25) is 19.7 Å². The fourth-order valence-corrected chi connectivity index (χ4v) is 2.20. The van der Waals surface area contributed by atoms with Crippen LogP contribution in [-0.4, -0.2) is 22.7 Å². The summed E-state index contributed by atoms with van der Waals surface area (Å²) in [4.78, 5) is 34.0. The number of benzene rings is 2. The minimum absolute atomic E-state index is 0.0606. The third kappa shape index (κ3) is 4.77. The number of ether oxygens (including phenoxy) is 1. The second-order valence-corrected chi connectivity index (χ2v) is 5.69. The molecule has 0 saturated heterocycles. The Morgan fingerprint density at radius 2 is 1.96 bits per heavy atom. The Labute approximate surface area is 148 Å². The first kappa shape index (κ1) is 18.4. The Balaban J connectivity index is 2.12. The van der Waals surface area contributed by atoms with Gasteiger partial charge < -0.3 is 10.1 Å². The van der Waals surface area contributed by atoms with Crippen LogP contribution in [0.15, 0.2) is 42.5 Å². The number of nitro groups is 1. The summed E-state index contributed by atoms with van der Waals surface area (Å²) in [6.45, 7) is 2.88. The quantitative estimate of drug-likeness (QED) is 0.478. The average molecular weight is 363 g/mol. The van der Waals surface area contributed by atoms with Crippen LogP contribution in [-0.2, 0) is 4.79 Å². The molecule has 0 spiro atoms. The Hall–Kier alpha value is -2.93. The number of carbonyl (C=O) groups excluding carboxylic acids is 2. The molecule has 7 nitrogen and oxygen atoms in total. The molecule has 0 radical (unpaired) electrons. The van der Waals surface area contributed by atoms with Gasteiger partial charge in [0.25, 0.3) is 5.91 Å². The monoisotopic (exact) mass is 362 g/mol. The normalized spacial score (nSPS) is 11.5. The van der Waals surface area contributed by atoms with Crippen molar-refractivity contribution in [3.05, 3.63) is 63.2 Å². The van der Waals surface area contributed by atoms with E-state index in [9.17, 15) is 19.7 Å². The minimum Gasteiger partial charge on any atom is -0.474 e. The van der Waals surface area contributed by atoms with Gasteiger partial charge in [0.05, 0.1) is 4.92 Å². The zero-order chi connectivity index (χ0) is 18.6. The standard InChI is InChI=1S/C17H15ClN2O5/c1-10(21)12-4-3-5-14(8-12)19-17(22)11(2)25-16-7-6-13(18)9-15(16)20(23)24/h3-9,11H,1-2H3,(H,19,22)/t11-/m0/s1. The van der Waals surface area contributed by atoms with E-state index in [1.807, 2.05) is 0 Å². The van der Waals surface area contributed by atoms with E-state index in [1.54, 1.807) is 18.2 Å². The zero-order valence-corrected chi connectivity index (χ0v) is 14.2.